The van der Waals surface area contributed by atoms with Crippen molar-refractivity contribution in [3.8, 4) is 5.75 Å². The Morgan fingerprint density at radius 3 is 2.11 bits per heavy atom. The van der Waals surface area contributed by atoms with E-state index >= 15 is 0 Å². The molecule has 0 bridgehead atoms. The Balaban J connectivity index is 1.80. The van der Waals surface area contributed by atoms with E-state index < -0.39 is 28.5 Å². The molecule has 4 aromatic carbocycles. The van der Waals surface area contributed by atoms with Crippen molar-refractivity contribution < 1.29 is 22.7 Å². The Labute approximate surface area is 266 Å². The lowest BCUT2D eigenvalue weighted by Gasteiger charge is -2.34. The van der Waals surface area contributed by atoms with Crippen molar-refractivity contribution in [2.45, 2.75) is 44.7 Å². The number of amides is 2. The van der Waals surface area contributed by atoms with Crippen LogP contribution in [0.2, 0.25) is 0 Å². The highest BCUT2D eigenvalue weighted by Crippen LogP contribution is 2.26. The standard InChI is InChI=1S/C36H41N3O5S/c1-27(2)24-37-36(41)34(23-29-14-7-5-8-15-29)38(25-30-16-12-18-32(22-30)44-4)35(40)26-39(31-17-11-13-28(3)21-31)45(42,43)33-19-9-6-10-20-33/h5-22,27,34H,23-26H2,1-4H3,(H,37,41). The molecule has 0 aliphatic heterocycles. The highest BCUT2D eigenvalue weighted by Gasteiger charge is 2.34. The second-order valence-electron chi connectivity index (χ2n) is 11.4. The molecule has 0 heterocycles. The van der Waals surface area contributed by atoms with E-state index in [-0.39, 0.29) is 29.7 Å². The topological polar surface area (TPSA) is 96.0 Å². The molecule has 0 aromatic heterocycles. The fourth-order valence-electron chi connectivity index (χ4n) is 4.98. The first kappa shape index (κ1) is 33.3. The highest BCUT2D eigenvalue weighted by atomic mass is 32.2. The van der Waals surface area contributed by atoms with E-state index in [9.17, 15) is 18.0 Å². The molecule has 0 aliphatic carbocycles. The molecular weight excluding hydrogens is 586 g/mol. The van der Waals surface area contributed by atoms with Gasteiger partial charge in [0, 0.05) is 19.5 Å². The largest absolute Gasteiger partial charge is 0.497 e. The van der Waals surface area contributed by atoms with Crippen molar-refractivity contribution in [3.63, 3.8) is 0 Å². The number of rotatable bonds is 14. The first-order valence-electron chi connectivity index (χ1n) is 15.0. The number of ether oxygens (including phenoxy) is 1. The van der Waals surface area contributed by atoms with Crippen molar-refractivity contribution >= 4 is 27.5 Å². The molecule has 4 aromatic rings. The van der Waals surface area contributed by atoms with Gasteiger partial charge < -0.3 is 15.0 Å². The number of carbonyl (C=O) groups excluding carboxylic acids is 2. The summed E-state index contributed by atoms with van der Waals surface area (Å²) in [6.07, 6.45) is 0.246. The molecule has 4 rings (SSSR count). The van der Waals surface area contributed by atoms with Gasteiger partial charge in [-0.15, -0.1) is 0 Å². The van der Waals surface area contributed by atoms with Crippen molar-refractivity contribution in [3.05, 3.63) is 126 Å². The Bertz CT molecular complexity index is 1680. The van der Waals surface area contributed by atoms with Crippen molar-refractivity contribution in [2.75, 3.05) is 24.5 Å². The van der Waals surface area contributed by atoms with Gasteiger partial charge in [-0.05, 0) is 65.9 Å². The van der Waals surface area contributed by atoms with Crippen LogP contribution in [0.4, 0.5) is 5.69 Å². The van der Waals surface area contributed by atoms with Gasteiger partial charge in [-0.2, -0.15) is 0 Å². The average Bonchev–Trinajstić information content (AvgIpc) is 3.04. The monoisotopic (exact) mass is 627 g/mol. The number of carbonyl (C=O) groups is 2. The zero-order valence-corrected chi connectivity index (χ0v) is 27.0. The summed E-state index contributed by atoms with van der Waals surface area (Å²) < 4.78 is 34.7. The SMILES string of the molecule is COc1cccc(CN(C(=O)CN(c2cccc(C)c2)S(=O)(=O)c2ccccc2)C(Cc2ccccc2)C(=O)NCC(C)C)c1. The minimum Gasteiger partial charge on any atom is -0.497 e. The van der Waals surface area contributed by atoms with Gasteiger partial charge in [0.1, 0.15) is 18.3 Å². The van der Waals surface area contributed by atoms with Gasteiger partial charge in [0.15, 0.2) is 0 Å². The number of hydrogen-bond acceptors (Lipinski definition) is 5. The molecular formula is C36H41N3O5S. The number of nitrogens with one attached hydrogen (secondary N) is 1. The summed E-state index contributed by atoms with van der Waals surface area (Å²) in [5.41, 5.74) is 2.82. The maximum absolute atomic E-state index is 14.5. The number of sulfonamides is 1. The van der Waals surface area contributed by atoms with E-state index in [2.05, 4.69) is 5.32 Å². The molecule has 0 radical (unpaired) electrons. The van der Waals surface area contributed by atoms with E-state index in [0.717, 1.165) is 21.0 Å². The number of anilines is 1. The molecule has 0 saturated carbocycles. The normalized spacial score (nSPS) is 11.9. The van der Waals surface area contributed by atoms with E-state index in [1.807, 2.05) is 75.4 Å². The quantitative estimate of drug-likeness (QED) is 0.196. The number of methoxy groups -OCH3 is 1. The third-order valence-electron chi connectivity index (χ3n) is 7.34. The predicted octanol–water partition coefficient (Wildman–Crippen LogP) is 5.61. The number of aryl methyl sites for hydroxylation is 1. The molecule has 236 valence electrons. The Morgan fingerprint density at radius 2 is 1.47 bits per heavy atom. The first-order valence-corrected chi connectivity index (χ1v) is 16.4. The van der Waals surface area contributed by atoms with Gasteiger partial charge in [0.25, 0.3) is 10.0 Å². The summed E-state index contributed by atoms with van der Waals surface area (Å²) in [5.74, 6) is -0.0187. The Hall–Kier alpha value is -4.63. The van der Waals surface area contributed by atoms with Crippen molar-refractivity contribution in [1.29, 1.82) is 0 Å². The minimum atomic E-state index is -4.14. The highest BCUT2D eigenvalue weighted by molar-refractivity contribution is 7.92. The van der Waals surface area contributed by atoms with Crippen LogP contribution >= 0.6 is 0 Å². The first-order chi connectivity index (χ1) is 21.6. The summed E-state index contributed by atoms with van der Waals surface area (Å²) in [6.45, 7) is 5.86. The molecule has 0 fully saturated rings. The summed E-state index contributed by atoms with van der Waals surface area (Å²) in [7, 11) is -2.58. The van der Waals surface area contributed by atoms with Crippen LogP contribution < -0.4 is 14.4 Å². The smallest absolute Gasteiger partial charge is 0.264 e. The van der Waals surface area contributed by atoms with Crippen molar-refractivity contribution in [2.24, 2.45) is 5.92 Å². The molecule has 1 N–H and O–H groups in total. The van der Waals surface area contributed by atoms with Gasteiger partial charge in [-0.3, -0.25) is 13.9 Å². The fraction of sp³-hybridized carbons (Fsp3) is 0.278. The minimum absolute atomic E-state index is 0.0640. The van der Waals surface area contributed by atoms with Gasteiger partial charge >= 0.3 is 0 Å². The molecule has 0 aliphatic rings. The van der Waals surface area contributed by atoms with Gasteiger partial charge in [0.05, 0.1) is 17.7 Å². The molecule has 9 heteroatoms. The van der Waals surface area contributed by atoms with Crippen LogP contribution in [-0.2, 0) is 32.6 Å². The maximum atomic E-state index is 14.5. The lowest BCUT2D eigenvalue weighted by molar-refractivity contribution is -0.140. The Kier molecular flexibility index (Phi) is 11.4. The fourth-order valence-corrected chi connectivity index (χ4v) is 6.40. The molecule has 45 heavy (non-hydrogen) atoms. The van der Waals surface area contributed by atoms with E-state index in [1.165, 1.54) is 17.0 Å². The zero-order valence-electron chi connectivity index (χ0n) is 26.2. The Morgan fingerprint density at radius 1 is 0.822 bits per heavy atom. The second-order valence-corrected chi connectivity index (χ2v) is 13.2. The summed E-state index contributed by atoms with van der Waals surface area (Å²) in [4.78, 5) is 30.0. The average molecular weight is 628 g/mol. The van der Waals surface area contributed by atoms with Crippen LogP contribution in [0.25, 0.3) is 0 Å². The number of benzene rings is 4. The summed E-state index contributed by atoms with van der Waals surface area (Å²) in [6, 6.07) is 30.9. The van der Waals surface area contributed by atoms with Gasteiger partial charge in [-0.1, -0.05) is 86.6 Å². The molecule has 1 unspecified atom stereocenters. The maximum Gasteiger partial charge on any atom is 0.264 e. The van der Waals surface area contributed by atoms with Crippen molar-refractivity contribution in [1.82, 2.24) is 10.2 Å². The number of hydrogen-bond donors (Lipinski definition) is 1. The van der Waals surface area contributed by atoms with E-state index in [4.69, 9.17) is 4.74 Å². The van der Waals surface area contributed by atoms with Crippen LogP contribution in [-0.4, -0.2) is 51.4 Å². The molecule has 8 nitrogen and oxygen atoms in total. The molecule has 0 spiro atoms. The van der Waals surface area contributed by atoms with E-state index in [0.29, 0.717) is 18.0 Å². The molecule has 2 amide bonds. The number of nitrogens with zero attached hydrogens (tertiary/aromatic N) is 2. The third kappa shape index (κ3) is 8.95. The van der Waals surface area contributed by atoms with Crippen LogP contribution in [0.5, 0.6) is 5.75 Å². The molecule has 0 saturated heterocycles. The van der Waals surface area contributed by atoms with Crippen LogP contribution in [0.15, 0.2) is 114 Å². The van der Waals surface area contributed by atoms with Crippen LogP contribution in [0.3, 0.4) is 0 Å². The van der Waals surface area contributed by atoms with Crippen LogP contribution in [0.1, 0.15) is 30.5 Å². The zero-order chi connectivity index (χ0) is 32.4. The van der Waals surface area contributed by atoms with Gasteiger partial charge in [-0.25, -0.2) is 8.42 Å². The molecule has 1 atom stereocenters. The predicted molar refractivity (Wildman–Crippen MR) is 177 cm³/mol. The van der Waals surface area contributed by atoms with Crippen LogP contribution in [0, 0.1) is 12.8 Å². The third-order valence-corrected chi connectivity index (χ3v) is 9.13. The summed E-state index contributed by atoms with van der Waals surface area (Å²) >= 11 is 0. The lowest BCUT2D eigenvalue weighted by atomic mass is 10.0. The van der Waals surface area contributed by atoms with Gasteiger partial charge in [0.2, 0.25) is 11.8 Å². The van der Waals surface area contributed by atoms with E-state index in [1.54, 1.807) is 49.6 Å². The lowest BCUT2D eigenvalue weighted by Crippen LogP contribution is -2.53. The second kappa shape index (κ2) is 15.4. The summed E-state index contributed by atoms with van der Waals surface area (Å²) in [5, 5.41) is 3.01.